The molecule has 2 aromatic carbocycles. The van der Waals surface area contributed by atoms with Crippen LogP contribution in [0.4, 0.5) is 0 Å². The van der Waals surface area contributed by atoms with Gasteiger partial charge in [0.05, 0.1) is 14.2 Å². The van der Waals surface area contributed by atoms with Gasteiger partial charge in [-0.05, 0) is 61.6 Å². The summed E-state index contributed by atoms with van der Waals surface area (Å²) >= 11 is 0. The SMILES string of the molecule is COc1ccc(C(=O)[C@@H]2CCCN(C3Cc4ccccc4C3)C2)cc1OC. The first-order valence-corrected chi connectivity index (χ1v) is 9.76. The number of likely N-dealkylation sites (tertiary alicyclic amines) is 1. The molecule has 2 aromatic rings. The average Bonchev–Trinajstić information content (AvgIpc) is 3.17. The predicted octanol–water partition coefficient (Wildman–Crippen LogP) is 3.77. The number of ketones is 1. The molecule has 0 unspecified atom stereocenters. The van der Waals surface area contributed by atoms with Crippen LogP contribution in [-0.4, -0.2) is 44.0 Å². The van der Waals surface area contributed by atoms with Crippen LogP contribution < -0.4 is 9.47 Å². The molecule has 1 fully saturated rings. The van der Waals surface area contributed by atoms with Crippen molar-refractivity contribution in [2.45, 2.75) is 31.7 Å². The fourth-order valence-electron chi connectivity index (χ4n) is 4.57. The highest BCUT2D eigenvalue weighted by Crippen LogP contribution is 2.32. The third-order valence-electron chi connectivity index (χ3n) is 6.04. The number of fused-ring (bicyclic) bond motifs is 1. The maximum absolute atomic E-state index is 13.1. The van der Waals surface area contributed by atoms with Gasteiger partial charge in [0, 0.05) is 24.1 Å². The Morgan fingerprint density at radius 2 is 1.70 bits per heavy atom. The highest BCUT2D eigenvalue weighted by atomic mass is 16.5. The first-order valence-electron chi connectivity index (χ1n) is 9.76. The van der Waals surface area contributed by atoms with Crippen molar-refractivity contribution in [2.24, 2.45) is 5.92 Å². The van der Waals surface area contributed by atoms with Gasteiger partial charge in [-0.15, -0.1) is 0 Å². The zero-order chi connectivity index (χ0) is 18.8. The summed E-state index contributed by atoms with van der Waals surface area (Å²) in [7, 11) is 3.21. The number of carbonyl (C=O) groups excluding carboxylic acids is 1. The molecule has 0 radical (unpaired) electrons. The monoisotopic (exact) mass is 365 g/mol. The van der Waals surface area contributed by atoms with Crippen molar-refractivity contribution in [2.75, 3.05) is 27.3 Å². The van der Waals surface area contributed by atoms with Crippen molar-refractivity contribution < 1.29 is 14.3 Å². The predicted molar refractivity (Wildman–Crippen MR) is 106 cm³/mol. The average molecular weight is 365 g/mol. The van der Waals surface area contributed by atoms with E-state index in [0.29, 0.717) is 23.1 Å². The van der Waals surface area contributed by atoms with E-state index >= 15 is 0 Å². The van der Waals surface area contributed by atoms with Crippen LogP contribution >= 0.6 is 0 Å². The first kappa shape index (κ1) is 18.1. The third kappa shape index (κ3) is 3.59. The van der Waals surface area contributed by atoms with Crippen LogP contribution in [0.5, 0.6) is 11.5 Å². The summed E-state index contributed by atoms with van der Waals surface area (Å²) in [5.41, 5.74) is 3.65. The quantitative estimate of drug-likeness (QED) is 0.756. The summed E-state index contributed by atoms with van der Waals surface area (Å²) in [4.78, 5) is 15.7. The largest absolute Gasteiger partial charge is 0.493 e. The molecule has 0 N–H and O–H groups in total. The van der Waals surface area contributed by atoms with Crippen molar-refractivity contribution in [3.05, 3.63) is 59.2 Å². The lowest BCUT2D eigenvalue weighted by atomic mass is 9.89. The third-order valence-corrected chi connectivity index (χ3v) is 6.04. The van der Waals surface area contributed by atoms with Crippen molar-refractivity contribution in [3.8, 4) is 11.5 Å². The molecule has 4 nitrogen and oxygen atoms in total. The zero-order valence-corrected chi connectivity index (χ0v) is 16.1. The van der Waals surface area contributed by atoms with Gasteiger partial charge >= 0.3 is 0 Å². The second-order valence-electron chi connectivity index (χ2n) is 7.60. The molecular formula is C23H27NO3. The van der Waals surface area contributed by atoms with Gasteiger partial charge in [0.15, 0.2) is 17.3 Å². The molecule has 1 aliphatic heterocycles. The smallest absolute Gasteiger partial charge is 0.167 e. The topological polar surface area (TPSA) is 38.8 Å². The maximum Gasteiger partial charge on any atom is 0.167 e. The molecule has 2 aliphatic rings. The molecular weight excluding hydrogens is 338 g/mol. The number of ether oxygens (including phenoxy) is 2. The summed E-state index contributed by atoms with van der Waals surface area (Å²) in [6.45, 7) is 1.94. The molecule has 27 heavy (non-hydrogen) atoms. The normalized spacial score (nSPS) is 20.3. The second kappa shape index (κ2) is 7.73. The van der Waals surface area contributed by atoms with Crippen LogP contribution in [0.3, 0.4) is 0 Å². The van der Waals surface area contributed by atoms with Crippen LogP contribution in [0.25, 0.3) is 0 Å². The number of nitrogens with zero attached hydrogens (tertiary/aromatic N) is 1. The van der Waals surface area contributed by atoms with Gasteiger partial charge in [0.1, 0.15) is 0 Å². The molecule has 4 heteroatoms. The lowest BCUT2D eigenvalue weighted by Crippen LogP contribution is -2.45. The van der Waals surface area contributed by atoms with Crippen LogP contribution in [0.2, 0.25) is 0 Å². The van der Waals surface area contributed by atoms with Crippen molar-refractivity contribution in [1.29, 1.82) is 0 Å². The number of carbonyl (C=O) groups is 1. The lowest BCUT2D eigenvalue weighted by Gasteiger charge is -2.36. The highest BCUT2D eigenvalue weighted by Gasteiger charge is 2.33. The molecule has 4 rings (SSSR count). The molecule has 0 bridgehead atoms. The number of piperidine rings is 1. The van der Waals surface area contributed by atoms with Gasteiger partial charge in [-0.1, -0.05) is 24.3 Å². The Hall–Kier alpha value is -2.33. The van der Waals surface area contributed by atoms with Gasteiger partial charge in [0.25, 0.3) is 0 Å². The molecule has 1 aliphatic carbocycles. The van der Waals surface area contributed by atoms with E-state index in [1.807, 2.05) is 18.2 Å². The molecule has 0 aromatic heterocycles. The number of hydrogen-bond acceptors (Lipinski definition) is 4. The van der Waals surface area contributed by atoms with Gasteiger partial charge in [0.2, 0.25) is 0 Å². The second-order valence-corrected chi connectivity index (χ2v) is 7.60. The molecule has 1 atom stereocenters. The first-order chi connectivity index (χ1) is 13.2. The molecule has 0 saturated carbocycles. The summed E-state index contributed by atoms with van der Waals surface area (Å²) < 4.78 is 10.7. The number of methoxy groups -OCH3 is 2. The number of Topliss-reactive ketones (excluding diaryl/α,β-unsaturated/α-hetero) is 1. The summed E-state index contributed by atoms with van der Waals surface area (Å²) in [5, 5.41) is 0. The molecule has 1 heterocycles. The standard InChI is InChI=1S/C23H27NO3/c1-26-21-10-9-18(14-22(21)27-2)23(25)19-8-5-11-24(15-19)20-12-16-6-3-4-7-17(16)13-20/h3-4,6-7,9-10,14,19-20H,5,8,11-13,15H2,1-2H3/t19-/m1/s1. The fourth-order valence-corrected chi connectivity index (χ4v) is 4.57. The van der Waals surface area contributed by atoms with Gasteiger partial charge in [-0.2, -0.15) is 0 Å². The molecule has 0 spiro atoms. The van der Waals surface area contributed by atoms with E-state index in [9.17, 15) is 4.79 Å². The Balaban J connectivity index is 1.46. The van der Waals surface area contributed by atoms with Gasteiger partial charge < -0.3 is 9.47 Å². The van der Waals surface area contributed by atoms with E-state index in [-0.39, 0.29) is 11.7 Å². The van der Waals surface area contributed by atoms with Crippen molar-refractivity contribution >= 4 is 5.78 Å². The van der Waals surface area contributed by atoms with E-state index in [2.05, 4.69) is 29.2 Å². The minimum atomic E-state index is 0.0561. The Morgan fingerprint density at radius 1 is 1.00 bits per heavy atom. The number of hydrogen-bond donors (Lipinski definition) is 0. The number of benzene rings is 2. The summed E-state index contributed by atoms with van der Waals surface area (Å²) in [5.74, 6) is 1.54. The maximum atomic E-state index is 13.1. The van der Waals surface area contributed by atoms with E-state index in [1.54, 1.807) is 14.2 Å². The molecule has 142 valence electrons. The Labute approximate surface area is 161 Å². The highest BCUT2D eigenvalue weighted by molar-refractivity contribution is 5.98. The van der Waals surface area contributed by atoms with E-state index in [0.717, 1.165) is 38.8 Å². The van der Waals surface area contributed by atoms with Gasteiger partial charge in [-0.25, -0.2) is 0 Å². The zero-order valence-electron chi connectivity index (χ0n) is 16.1. The van der Waals surface area contributed by atoms with Crippen LogP contribution in [0, 0.1) is 5.92 Å². The van der Waals surface area contributed by atoms with E-state index in [1.165, 1.54) is 11.1 Å². The minimum absolute atomic E-state index is 0.0561. The van der Waals surface area contributed by atoms with Crippen LogP contribution in [0.15, 0.2) is 42.5 Å². The Morgan fingerprint density at radius 3 is 2.37 bits per heavy atom. The molecule has 0 amide bonds. The van der Waals surface area contributed by atoms with Gasteiger partial charge in [-0.3, -0.25) is 9.69 Å². The van der Waals surface area contributed by atoms with Crippen molar-refractivity contribution in [3.63, 3.8) is 0 Å². The van der Waals surface area contributed by atoms with E-state index < -0.39 is 0 Å². The summed E-state index contributed by atoms with van der Waals surface area (Å²) in [6.07, 6.45) is 4.25. The fraction of sp³-hybridized carbons (Fsp3) is 0.435. The van der Waals surface area contributed by atoms with E-state index in [4.69, 9.17) is 9.47 Å². The number of rotatable bonds is 5. The Bertz CT molecular complexity index is 807. The Kier molecular flexibility index (Phi) is 5.17. The summed E-state index contributed by atoms with van der Waals surface area (Å²) in [6, 6.07) is 14.8. The lowest BCUT2D eigenvalue weighted by molar-refractivity contribution is 0.0760. The molecule has 1 saturated heterocycles. The minimum Gasteiger partial charge on any atom is -0.493 e. The van der Waals surface area contributed by atoms with Crippen molar-refractivity contribution in [1.82, 2.24) is 4.90 Å². The van der Waals surface area contributed by atoms with Crippen LogP contribution in [-0.2, 0) is 12.8 Å². The van der Waals surface area contributed by atoms with Crippen LogP contribution in [0.1, 0.15) is 34.3 Å².